The van der Waals surface area contributed by atoms with Gasteiger partial charge in [0.2, 0.25) is 0 Å². The highest BCUT2D eigenvalue weighted by atomic mass is 16.6. The molecule has 0 bridgehead atoms. The lowest BCUT2D eigenvalue weighted by Crippen LogP contribution is -2.27. The molecule has 0 heterocycles. The zero-order chi connectivity index (χ0) is 20.4. The summed E-state index contributed by atoms with van der Waals surface area (Å²) < 4.78 is 11.2. The zero-order valence-electron chi connectivity index (χ0n) is 17.7. The maximum Gasteiger partial charge on any atom is 0.412 e. The molecule has 0 spiro atoms. The van der Waals surface area contributed by atoms with Gasteiger partial charge in [0, 0.05) is 16.8 Å². The molecule has 4 heteroatoms. The van der Waals surface area contributed by atoms with Crippen molar-refractivity contribution in [1.82, 2.24) is 0 Å². The number of methoxy groups -OCH3 is 1. The molecule has 0 atom stereocenters. The molecule has 1 amide bonds. The number of rotatable bonds is 3. The molecule has 27 heavy (non-hydrogen) atoms. The van der Waals surface area contributed by atoms with E-state index in [1.165, 1.54) is 0 Å². The van der Waals surface area contributed by atoms with Gasteiger partial charge in [-0.05, 0) is 56.4 Å². The minimum atomic E-state index is -0.553. The van der Waals surface area contributed by atoms with Crippen molar-refractivity contribution in [2.24, 2.45) is 0 Å². The van der Waals surface area contributed by atoms with Crippen LogP contribution in [-0.4, -0.2) is 18.8 Å². The number of anilines is 1. The fraction of sp³-hybridized carbons (Fsp3) is 0.435. The third-order valence-corrected chi connectivity index (χ3v) is 4.18. The van der Waals surface area contributed by atoms with Gasteiger partial charge in [0.25, 0.3) is 0 Å². The maximum absolute atomic E-state index is 12.3. The second kappa shape index (κ2) is 7.63. The lowest BCUT2D eigenvalue weighted by atomic mass is 9.83. The van der Waals surface area contributed by atoms with E-state index < -0.39 is 11.7 Å². The summed E-state index contributed by atoms with van der Waals surface area (Å²) in [6, 6.07) is 12.1. The number of aryl methyl sites for hydroxylation is 1. The molecule has 0 aromatic heterocycles. The van der Waals surface area contributed by atoms with E-state index in [0.29, 0.717) is 5.69 Å². The first-order chi connectivity index (χ1) is 12.4. The Morgan fingerprint density at radius 3 is 2.11 bits per heavy atom. The van der Waals surface area contributed by atoms with Crippen LogP contribution >= 0.6 is 0 Å². The summed E-state index contributed by atoms with van der Waals surface area (Å²) >= 11 is 0. The average Bonchev–Trinajstić information content (AvgIpc) is 2.51. The van der Waals surface area contributed by atoms with Crippen molar-refractivity contribution in [2.75, 3.05) is 12.4 Å². The van der Waals surface area contributed by atoms with Crippen molar-refractivity contribution < 1.29 is 14.3 Å². The van der Waals surface area contributed by atoms with E-state index in [1.807, 2.05) is 45.0 Å². The number of hydrogen-bond donors (Lipinski definition) is 1. The van der Waals surface area contributed by atoms with E-state index in [4.69, 9.17) is 9.47 Å². The average molecular weight is 370 g/mol. The number of carbonyl (C=O) groups is 1. The molecular formula is C23H31NO3. The summed E-state index contributed by atoms with van der Waals surface area (Å²) in [5.74, 6) is 0.825. The molecule has 2 rings (SSSR count). The van der Waals surface area contributed by atoms with Crippen molar-refractivity contribution in [1.29, 1.82) is 0 Å². The fourth-order valence-electron chi connectivity index (χ4n) is 2.97. The van der Waals surface area contributed by atoms with Crippen LogP contribution in [0.3, 0.4) is 0 Å². The third kappa shape index (κ3) is 5.25. The van der Waals surface area contributed by atoms with Gasteiger partial charge in [-0.15, -0.1) is 0 Å². The molecular weight excluding hydrogens is 338 g/mol. The zero-order valence-corrected chi connectivity index (χ0v) is 17.7. The molecule has 0 aliphatic rings. The molecule has 0 unspecified atom stereocenters. The standard InChI is InChI=1S/C23H31NO3/c1-15-11-9-10-12-17(15)18-13-16(24-21(25)27-23(5,6)7)14-19(20(18)26-8)22(2,3)4/h9-14H,1-8H3,(H,24,25). The molecule has 2 aromatic rings. The van der Waals surface area contributed by atoms with Crippen LogP contribution in [0.25, 0.3) is 11.1 Å². The predicted octanol–water partition coefficient (Wildman–Crippen LogP) is 6.32. The van der Waals surface area contributed by atoms with Crippen LogP contribution in [-0.2, 0) is 10.2 Å². The minimum absolute atomic E-state index is 0.158. The molecule has 2 aromatic carbocycles. The summed E-state index contributed by atoms with van der Waals surface area (Å²) in [5.41, 5.74) is 4.17. The third-order valence-electron chi connectivity index (χ3n) is 4.18. The topological polar surface area (TPSA) is 47.6 Å². The number of hydrogen-bond acceptors (Lipinski definition) is 3. The minimum Gasteiger partial charge on any atom is -0.496 e. The van der Waals surface area contributed by atoms with Gasteiger partial charge in [-0.2, -0.15) is 0 Å². The van der Waals surface area contributed by atoms with Crippen LogP contribution in [0.4, 0.5) is 10.5 Å². The Labute approximate surface area is 162 Å². The molecule has 0 fully saturated rings. The fourth-order valence-corrected chi connectivity index (χ4v) is 2.97. The lowest BCUT2D eigenvalue weighted by molar-refractivity contribution is 0.0636. The normalized spacial score (nSPS) is 11.9. The maximum atomic E-state index is 12.3. The first-order valence-corrected chi connectivity index (χ1v) is 9.21. The van der Waals surface area contributed by atoms with Crippen molar-refractivity contribution in [2.45, 2.75) is 59.5 Å². The summed E-state index contributed by atoms with van der Waals surface area (Å²) in [6.45, 7) is 14.0. The Kier molecular flexibility index (Phi) is 5.88. The SMILES string of the molecule is COc1c(-c2ccccc2C)cc(NC(=O)OC(C)(C)C)cc1C(C)(C)C. The van der Waals surface area contributed by atoms with Gasteiger partial charge in [0.15, 0.2) is 0 Å². The highest BCUT2D eigenvalue weighted by Gasteiger charge is 2.25. The van der Waals surface area contributed by atoms with E-state index in [9.17, 15) is 4.79 Å². The Bertz CT molecular complexity index is 826. The van der Waals surface area contributed by atoms with Gasteiger partial charge in [0.1, 0.15) is 11.4 Å². The van der Waals surface area contributed by atoms with Crippen LogP contribution in [0.15, 0.2) is 36.4 Å². The molecule has 4 nitrogen and oxygen atoms in total. The van der Waals surface area contributed by atoms with E-state index in [0.717, 1.165) is 28.0 Å². The molecule has 0 radical (unpaired) electrons. The molecule has 0 aliphatic carbocycles. The summed E-state index contributed by atoms with van der Waals surface area (Å²) in [7, 11) is 1.69. The van der Waals surface area contributed by atoms with Gasteiger partial charge in [-0.1, -0.05) is 45.0 Å². The van der Waals surface area contributed by atoms with Crippen LogP contribution in [0, 0.1) is 6.92 Å². The van der Waals surface area contributed by atoms with Crippen LogP contribution in [0.5, 0.6) is 5.75 Å². The molecule has 0 saturated carbocycles. The molecule has 0 saturated heterocycles. The van der Waals surface area contributed by atoms with Gasteiger partial charge >= 0.3 is 6.09 Å². The lowest BCUT2D eigenvalue weighted by Gasteiger charge is -2.26. The smallest absolute Gasteiger partial charge is 0.412 e. The molecule has 1 N–H and O–H groups in total. The van der Waals surface area contributed by atoms with Crippen molar-refractivity contribution >= 4 is 11.8 Å². The second-order valence-electron chi connectivity index (χ2n) is 8.80. The van der Waals surface area contributed by atoms with Crippen molar-refractivity contribution in [3.8, 4) is 16.9 Å². The van der Waals surface area contributed by atoms with Gasteiger partial charge < -0.3 is 9.47 Å². The Morgan fingerprint density at radius 1 is 0.963 bits per heavy atom. The highest BCUT2D eigenvalue weighted by molar-refractivity contribution is 5.88. The van der Waals surface area contributed by atoms with Gasteiger partial charge in [0.05, 0.1) is 7.11 Å². The van der Waals surface area contributed by atoms with Crippen LogP contribution in [0.1, 0.15) is 52.7 Å². The number of benzene rings is 2. The molecule has 146 valence electrons. The highest BCUT2D eigenvalue weighted by Crippen LogP contribution is 2.42. The van der Waals surface area contributed by atoms with Crippen molar-refractivity contribution in [3.63, 3.8) is 0 Å². The second-order valence-corrected chi connectivity index (χ2v) is 8.80. The quantitative estimate of drug-likeness (QED) is 0.689. The Morgan fingerprint density at radius 2 is 1.59 bits per heavy atom. The predicted molar refractivity (Wildman–Crippen MR) is 112 cm³/mol. The first-order valence-electron chi connectivity index (χ1n) is 9.21. The van der Waals surface area contributed by atoms with Gasteiger partial charge in [-0.25, -0.2) is 4.79 Å². The van der Waals surface area contributed by atoms with E-state index in [1.54, 1.807) is 7.11 Å². The summed E-state index contributed by atoms with van der Waals surface area (Å²) in [5, 5.41) is 2.88. The number of amides is 1. The Hall–Kier alpha value is -2.49. The number of carbonyl (C=O) groups excluding carboxylic acids is 1. The summed E-state index contributed by atoms with van der Waals surface area (Å²) in [6.07, 6.45) is -0.469. The van der Waals surface area contributed by atoms with Gasteiger partial charge in [-0.3, -0.25) is 5.32 Å². The first kappa shape index (κ1) is 20.8. The van der Waals surface area contributed by atoms with E-state index >= 15 is 0 Å². The summed E-state index contributed by atoms with van der Waals surface area (Å²) in [4.78, 5) is 12.3. The van der Waals surface area contributed by atoms with E-state index in [2.05, 4.69) is 45.1 Å². The van der Waals surface area contributed by atoms with Crippen LogP contribution in [0.2, 0.25) is 0 Å². The van der Waals surface area contributed by atoms with Crippen molar-refractivity contribution in [3.05, 3.63) is 47.5 Å². The Balaban J connectivity index is 2.61. The van der Waals surface area contributed by atoms with Crippen LogP contribution < -0.4 is 10.1 Å². The van der Waals surface area contributed by atoms with E-state index in [-0.39, 0.29) is 5.41 Å². The monoisotopic (exact) mass is 369 g/mol. The molecule has 0 aliphatic heterocycles. The largest absolute Gasteiger partial charge is 0.496 e. The number of ether oxygens (including phenoxy) is 2. The number of nitrogens with one attached hydrogen (secondary N) is 1.